The summed E-state index contributed by atoms with van der Waals surface area (Å²) in [7, 11) is 1.88. The van der Waals surface area contributed by atoms with Crippen LogP contribution in [0.2, 0.25) is 0 Å². The van der Waals surface area contributed by atoms with Gasteiger partial charge in [0.15, 0.2) is 5.69 Å². The van der Waals surface area contributed by atoms with E-state index < -0.39 is 5.97 Å². The van der Waals surface area contributed by atoms with Gasteiger partial charge in [0.25, 0.3) is 0 Å². The van der Waals surface area contributed by atoms with Gasteiger partial charge in [0.05, 0.1) is 18.3 Å². The average Bonchev–Trinajstić information content (AvgIpc) is 3.01. The van der Waals surface area contributed by atoms with E-state index in [1.807, 2.05) is 66.2 Å². The fraction of sp³-hybridized carbons (Fsp3) is 0.238. The number of hydrogen-bond donors (Lipinski definition) is 1. The van der Waals surface area contributed by atoms with Crippen LogP contribution in [0.1, 0.15) is 34.8 Å². The van der Waals surface area contributed by atoms with E-state index in [9.17, 15) is 4.79 Å². The summed E-state index contributed by atoms with van der Waals surface area (Å²) in [6, 6.07) is 17.4. The predicted octanol–water partition coefficient (Wildman–Crippen LogP) is 4.27. The Morgan fingerprint density at radius 2 is 1.85 bits per heavy atom. The highest BCUT2D eigenvalue weighted by Gasteiger charge is 2.25. The van der Waals surface area contributed by atoms with Crippen molar-refractivity contribution in [1.29, 1.82) is 0 Å². The normalized spacial score (nSPS) is 12.0. The van der Waals surface area contributed by atoms with Crippen LogP contribution in [0.25, 0.3) is 11.3 Å². The van der Waals surface area contributed by atoms with Crippen LogP contribution in [0.4, 0.5) is 0 Å². The molecule has 2 N–H and O–H groups in total. The number of imidazole rings is 1. The first-order valence-corrected chi connectivity index (χ1v) is 9.59. The van der Waals surface area contributed by atoms with E-state index in [0.717, 1.165) is 15.6 Å². The fourth-order valence-electron chi connectivity index (χ4n) is 3.09. The third-order valence-corrected chi connectivity index (χ3v) is 4.87. The zero-order valence-electron chi connectivity index (χ0n) is 15.4. The van der Waals surface area contributed by atoms with Crippen LogP contribution in [0.15, 0.2) is 59.1 Å². The average molecular weight is 428 g/mol. The largest absolute Gasteiger partial charge is 0.461 e. The molecule has 140 valence electrons. The molecule has 2 aromatic carbocycles. The number of carbonyl (C=O) groups is 1. The number of nitrogens with two attached hydrogens (primary N) is 1. The number of carbonyl (C=O) groups excluding carboxylic acids is 1. The number of esters is 1. The molecule has 0 aliphatic carbocycles. The second-order valence-electron chi connectivity index (χ2n) is 6.25. The summed E-state index contributed by atoms with van der Waals surface area (Å²) in [4.78, 5) is 17.1. The number of halogens is 1. The lowest BCUT2D eigenvalue weighted by Gasteiger charge is -2.13. The second-order valence-corrected chi connectivity index (χ2v) is 7.17. The summed E-state index contributed by atoms with van der Waals surface area (Å²) >= 11 is 3.44. The minimum atomic E-state index is -0.441. The molecule has 0 saturated heterocycles. The van der Waals surface area contributed by atoms with Crippen molar-refractivity contribution in [2.24, 2.45) is 12.8 Å². The number of aromatic nitrogens is 2. The Morgan fingerprint density at radius 3 is 2.48 bits per heavy atom. The van der Waals surface area contributed by atoms with Crippen molar-refractivity contribution < 1.29 is 9.53 Å². The highest BCUT2D eigenvalue weighted by atomic mass is 79.9. The molecule has 0 unspecified atom stereocenters. The lowest BCUT2D eigenvalue weighted by Crippen LogP contribution is -2.18. The molecule has 3 rings (SSSR count). The molecular formula is C21H22BrN3O2. The van der Waals surface area contributed by atoms with Crippen molar-refractivity contribution in [3.05, 3.63) is 76.2 Å². The first-order chi connectivity index (χ1) is 13.0. The number of rotatable bonds is 6. The Hall–Kier alpha value is -2.44. The third-order valence-electron chi connectivity index (χ3n) is 4.35. The van der Waals surface area contributed by atoms with Gasteiger partial charge in [0, 0.05) is 17.1 Å². The van der Waals surface area contributed by atoms with Crippen molar-refractivity contribution in [2.45, 2.75) is 19.4 Å². The van der Waals surface area contributed by atoms with Gasteiger partial charge in [-0.1, -0.05) is 58.4 Å². The van der Waals surface area contributed by atoms with Gasteiger partial charge in [-0.05, 0) is 31.0 Å². The summed E-state index contributed by atoms with van der Waals surface area (Å²) in [6.07, 6.45) is 0.633. The van der Waals surface area contributed by atoms with Crippen molar-refractivity contribution in [2.75, 3.05) is 6.61 Å². The second kappa shape index (κ2) is 8.50. The van der Waals surface area contributed by atoms with Crippen molar-refractivity contribution >= 4 is 21.9 Å². The molecule has 6 heteroatoms. The van der Waals surface area contributed by atoms with Crippen LogP contribution >= 0.6 is 15.9 Å². The van der Waals surface area contributed by atoms with E-state index in [0.29, 0.717) is 30.2 Å². The maximum Gasteiger partial charge on any atom is 0.359 e. The molecule has 0 bridgehead atoms. The molecule has 0 amide bonds. The van der Waals surface area contributed by atoms with Crippen LogP contribution in [0.5, 0.6) is 0 Å². The van der Waals surface area contributed by atoms with Crippen molar-refractivity contribution in [3.8, 4) is 11.3 Å². The lowest BCUT2D eigenvalue weighted by molar-refractivity contribution is 0.0521. The standard InChI is InChI=1S/C21H22BrN3O2/c1-3-27-21(26)18-19(15-9-11-16(22)12-10-15)25(2)20(24-18)17(23)13-14-7-5-4-6-8-14/h4-12,17H,3,13,23H2,1-2H3/t17-/m0/s1. The van der Waals surface area contributed by atoms with Gasteiger partial charge in [-0.2, -0.15) is 0 Å². The molecule has 3 aromatic rings. The summed E-state index contributed by atoms with van der Waals surface area (Å²) in [5.41, 5.74) is 9.45. The quantitative estimate of drug-likeness (QED) is 0.596. The lowest BCUT2D eigenvalue weighted by atomic mass is 10.1. The smallest absolute Gasteiger partial charge is 0.359 e. The molecule has 0 spiro atoms. The molecule has 0 aliphatic heterocycles. The molecule has 1 aromatic heterocycles. The van der Waals surface area contributed by atoms with Crippen LogP contribution in [-0.2, 0) is 18.2 Å². The van der Waals surface area contributed by atoms with Crippen molar-refractivity contribution in [3.63, 3.8) is 0 Å². The van der Waals surface area contributed by atoms with Crippen molar-refractivity contribution in [1.82, 2.24) is 9.55 Å². The Morgan fingerprint density at radius 1 is 1.19 bits per heavy atom. The van der Waals surface area contributed by atoms with Crippen LogP contribution in [0, 0.1) is 0 Å². The Bertz CT molecular complexity index is 921. The fourth-order valence-corrected chi connectivity index (χ4v) is 3.35. The van der Waals surface area contributed by atoms with E-state index in [4.69, 9.17) is 10.5 Å². The first-order valence-electron chi connectivity index (χ1n) is 8.80. The molecule has 27 heavy (non-hydrogen) atoms. The van der Waals surface area contributed by atoms with Gasteiger partial charge < -0.3 is 15.0 Å². The predicted molar refractivity (Wildman–Crippen MR) is 109 cm³/mol. The highest BCUT2D eigenvalue weighted by Crippen LogP contribution is 2.29. The van der Waals surface area contributed by atoms with Gasteiger partial charge in [-0.3, -0.25) is 0 Å². The minimum Gasteiger partial charge on any atom is -0.461 e. The van der Waals surface area contributed by atoms with Crippen LogP contribution < -0.4 is 5.73 Å². The Labute approximate surface area is 167 Å². The molecule has 0 fully saturated rings. The maximum atomic E-state index is 12.5. The van der Waals surface area contributed by atoms with Gasteiger partial charge in [0.2, 0.25) is 0 Å². The van der Waals surface area contributed by atoms with E-state index >= 15 is 0 Å². The molecular weight excluding hydrogens is 406 g/mol. The molecule has 1 atom stereocenters. The van der Waals surface area contributed by atoms with Gasteiger partial charge in [-0.25, -0.2) is 9.78 Å². The first kappa shape index (κ1) is 19.3. The van der Waals surface area contributed by atoms with Gasteiger partial charge in [0.1, 0.15) is 5.82 Å². The number of nitrogens with zero attached hydrogens (tertiary/aromatic N) is 2. The van der Waals surface area contributed by atoms with Crippen LogP contribution in [-0.4, -0.2) is 22.1 Å². The third kappa shape index (κ3) is 4.28. The number of hydrogen-bond acceptors (Lipinski definition) is 4. The molecule has 0 aliphatic rings. The van der Waals surface area contributed by atoms with Gasteiger partial charge in [-0.15, -0.1) is 0 Å². The van der Waals surface area contributed by atoms with Gasteiger partial charge >= 0.3 is 5.97 Å². The Balaban J connectivity index is 2.03. The Kier molecular flexibility index (Phi) is 6.08. The summed E-state index contributed by atoms with van der Waals surface area (Å²) < 4.78 is 8.07. The van der Waals surface area contributed by atoms with E-state index in [-0.39, 0.29) is 6.04 Å². The van der Waals surface area contributed by atoms with E-state index in [1.165, 1.54) is 0 Å². The molecule has 1 heterocycles. The molecule has 5 nitrogen and oxygen atoms in total. The SMILES string of the molecule is CCOC(=O)c1nc([C@@H](N)Cc2ccccc2)n(C)c1-c1ccc(Br)cc1. The summed E-state index contributed by atoms with van der Waals surface area (Å²) in [5.74, 6) is 0.212. The van der Waals surface area contributed by atoms with E-state index in [1.54, 1.807) is 6.92 Å². The summed E-state index contributed by atoms with van der Waals surface area (Å²) in [6.45, 7) is 2.07. The molecule has 0 radical (unpaired) electrons. The molecule has 0 saturated carbocycles. The summed E-state index contributed by atoms with van der Waals surface area (Å²) in [5, 5.41) is 0. The zero-order chi connectivity index (χ0) is 19.4. The topological polar surface area (TPSA) is 70.1 Å². The monoisotopic (exact) mass is 427 g/mol. The zero-order valence-corrected chi connectivity index (χ0v) is 16.9. The number of ether oxygens (including phenoxy) is 1. The van der Waals surface area contributed by atoms with E-state index in [2.05, 4.69) is 20.9 Å². The minimum absolute atomic E-state index is 0.292. The van der Waals surface area contributed by atoms with Crippen LogP contribution in [0.3, 0.4) is 0 Å². The number of benzene rings is 2. The maximum absolute atomic E-state index is 12.5. The highest BCUT2D eigenvalue weighted by molar-refractivity contribution is 9.10.